The van der Waals surface area contributed by atoms with Crippen LogP contribution in [0, 0.1) is 5.92 Å². The zero-order valence-electron chi connectivity index (χ0n) is 5.63. The highest BCUT2D eigenvalue weighted by atomic mass is 16.4. The lowest BCUT2D eigenvalue weighted by Gasteiger charge is -2.01. The smallest absolute Gasteiger partial charge is 0.311 e. The fourth-order valence-corrected chi connectivity index (χ4v) is 1.06. The van der Waals surface area contributed by atoms with Crippen molar-refractivity contribution in [1.82, 2.24) is 0 Å². The number of rotatable bonds is 1. The van der Waals surface area contributed by atoms with Crippen LogP contribution in [0.1, 0.15) is 13.3 Å². The minimum atomic E-state index is -0.903. The monoisotopic (exact) mass is 140 g/mol. The van der Waals surface area contributed by atoms with Crippen molar-refractivity contribution < 1.29 is 14.7 Å². The zero-order valence-corrected chi connectivity index (χ0v) is 5.63. The second kappa shape index (κ2) is 2.25. The Kier molecular flexibility index (Phi) is 1.57. The number of hydrogen-bond donors (Lipinski definition) is 1. The molecule has 54 valence electrons. The molecule has 3 heteroatoms. The molecule has 0 aromatic carbocycles. The van der Waals surface area contributed by atoms with Crippen molar-refractivity contribution >= 4 is 11.8 Å². The molecule has 0 aliphatic heterocycles. The molecule has 0 radical (unpaired) electrons. The van der Waals surface area contributed by atoms with Crippen LogP contribution >= 0.6 is 0 Å². The first-order valence-electron chi connectivity index (χ1n) is 3.05. The average molecular weight is 140 g/mol. The van der Waals surface area contributed by atoms with E-state index < -0.39 is 11.9 Å². The van der Waals surface area contributed by atoms with Gasteiger partial charge in [-0.2, -0.15) is 0 Å². The average Bonchev–Trinajstić information content (AvgIpc) is 2.10. The van der Waals surface area contributed by atoms with Gasteiger partial charge in [0.05, 0.1) is 5.92 Å². The predicted molar refractivity (Wildman–Crippen MR) is 34.5 cm³/mol. The molecule has 0 saturated heterocycles. The van der Waals surface area contributed by atoms with Crippen LogP contribution in [0.2, 0.25) is 0 Å². The number of carbonyl (C=O) groups is 2. The van der Waals surface area contributed by atoms with E-state index in [2.05, 4.69) is 0 Å². The van der Waals surface area contributed by atoms with Crippen molar-refractivity contribution in [2.45, 2.75) is 13.3 Å². The van der Waals surface area contributed by atoms with Crippen molar-refractivity contribution in [2.24, 2.45) is 5.92 Å². The second-order valence-corrected chi connectivity index (χ2v) is 2.45. The molecule has 1 N–H and O–H groups in total. The van der Waals surface area contributed by atoms with E-state index in [4.69, 9.17) is 5.11 Å². The Morgan fingerprint density at radius 2 is 2.40 bits per heavy atom. The van der Waals surface area contributed by atoms with Crippen LogP contribution in [0.25, 0.3) is 0 Å². The number of carbonyl (C=O) groups excluding carboxylic acids is 1. The van der Waals surface area contributed by atoms with E-state index in [-0.39, 0.29) is 12.2 Å². The summed E-state index contributed by atoms with van der Waals surface area (Å²) in [6.07, 6.45) is 1.54. The van der Waals surface area contributed by atoms with Gasteiger partial charge < -0.3 is 5.11 Å². The van der Waals surface area contributed by atoms with E-state index >= 15 is 0 Å². The molecule has 1 aliphatic rings. The van der Waals surface area contributed by atoms with Crippen LogP contribution in [-0.4, -0.2) is 16.9 Å². The lowest BCUT2D eigenvalue weighted by Crippen LogP contribution is -2.12. The molecule has 1 aliphatic carbocycles. The van der Waals surface area contributed by atoms with Gasteiger partial charge in [-0.25, -0.2) is 0 Å². The van der Waals surface area contributed by atoms with Gasteiger partial charge >= 0.3 is 5.97 Å². The molecular formula is C7H8O3. The zero-order chi connectivity index (χ0) is 7.72. The fourth-order valence-electron chi connectivity index (χ4n) is 1.06. The third-order valence-corrected chi connectivity index (χ3v) is 1.64. The Labute approximate surface area is 58.4 Å². The molecule has 0 saturated carbocycles. The third-order valence-electron chi connectivity index (χ3n) is 1.64. The van der Waals surface area contributed by atoms with E-state index in [1.807, 2.05) is 0 Å². The van der Waals surface area contributed by atoms with Gasteiger partial charge in [0.15, 0.2) is 5.78 Å². The quantitative estimate of drug-likeness (QED) is 0.580. The molecule has 0 bridgehead atoms. The van der Waals surface area contributed by atoms with E-state index in [1.54, 1.807) is 6.92 Å². The number of aliphatic carboxylic acids is 1. The van der Waals surface area contributed by atoms with Gasteiger partial charge in [-0.1, -0.05) is 5.57 Å². The molecule has 0 fully saturated rings. The Bertz CT molecular complexity index is 215. The minimum absolute atomic E-state index is 0.0788. The lowest BCUT2D eigenvalue weighted by atomic mass is 10.0. The Balaban J connectivity index is 2.78. The van der Waals surface area contributed by atoms with Gasteiger partial charge in [0.25, 0.3) is 0 Å². The van der Waals surface area contributed by atoms with Crippen molar-refractivity contribution in [3.63, 3.8) is 0 Å². The van der Waals surface area contributed by atoms with Crippen molar-refractivity contribution in [3.8, 4) is 0 Å². The molecule has 1 rings (SSSR count). The second-order valence-electron chi connectivity index (χ2n) is 2.45. The van der Waals surface area contributed by atoms with E-state index in [1.165, 1.54) is 6.08 Å². The summed E-state index contributed by atoms with van der Waals surface area (Å²) < 4.78 is 0. The molecule has 3 nitrogen and oxygen atoms in total. The summed E-state index contributed by atoms with van der Waals surface area (Å²) in [6, 6.07) is 0. The third kappa shape index (κ3) is 1.07. The number of hydrogen-bond acceptors (Lipinski definition) is 2. The first-order valence-corrected chi connectivity index (χ1v) is 3.05. The minimum Gasteiger partial charge on any atom is -0.481 e. The van der Waals surface area contributed by atoms with Gasteiger partial charge in [-0.15, -0.1) is 0 Å². The largest absolute Gasteiger partial charge is 0.481 e. The summed E-state index contributed by atoms with van der Waals surface area (Å²) in [5.41, 5.74) is 0.664. The first-order chi connectivity index (χ1) is 4.61. The molecule has 1 unspecified atom stereocenters. The van der Waals surface area contributed by atoms with Crippen LogP contribution in [0.3, 0.4) is 0 Å². The Morgan fingerprint density at radius 3 is 2.60 bits per heavy atom. The van der Waals surface area contributed by atoms with Crippen LogP contribution in [0.15, 0.2) is 11.6 Å². The molecule has 0 heterocycles. The van der Waals surface area contributed by atoms with Crippen LogP contribution < -0.4 is 0 Å². The van der Waals surface area contributed by atoms with E-state index in [0.717, 1.165) is 0 Å². The summed E-state index contributed by atoms with van der Waals surface area (Å²) in [7, 11) is 0. The van der Waals surface area contributed by atoms with Crippen molar-refractivity contribution in [1.29, 1.82) is 0 Å². The molecule has 0 amide bonds. The number of carboxylic acid groups (broad SMARTS) is 1. The Morgan fingerprint density at radius 1 is 1.80 bits per heavy atom. The SMILES string of the molecule is CC1=CC(=O)CC1C(=O)O. The molecular weight excluding hydrogens is 132 g/mol. The highest BCUT2D eigenvalue weighted by Crippen LogP contribution is 2.22. The van der Waals surface area contributed by atoms with Gasteiger partial charge in [-0.3, -0.25) is 9.59 Å². The molecule has 0 aromatic heterocycles. The highest BCUT2D eigenvalue weighted by molar-refractivity contribution is 5.98. The maximum absolute atomic E-state index is 10.6. The van der Waals surface area contributed by atoms with Gasteiger partial charge in [-0.05, 0) is 13.0 Å². The topological polar surface area (TPSA) is 54.4 Å². The number of allylic oxidation sites excluding steroid dienone is 1. The van der Waals surface area contributed by atoms with Crippen LogP contribution in [0.5, 0.6) is 0 Å². The van der Waals surface area contributed by atoms with Crippen molar-refractivity contribution in [2.75, 3.05) is 0 Å². The summed E-state index contributed by atoms with van der Waals surface area (Å²) in [4.78, 5) is 21.0. The van der Waals surface area contributed by atoms with Gasteiger partial charge in [0.1, 0.15) is 0 Å². The highest BCUT2D eigenvalue weighted by Gasteiger charge is 2.27. The maximum atomic E-state index is 10.6. The van der Waals surface area contributed by atoms with Crippen LogP contribution in [-0.2, 0) is 9.59 Å². The summed E-state index contributed by atoms with van der Waals surface area (Å²) in [5.74, 6) is -1.54. The molecule has 1 atom stereocenters. The maximum Gasteiger partial charge on any atom is 0.311 e. The fraction of sp³-hybridized carbons (Fsp3) is 0.429. The van der Waals surface area contributed by atoms with Crippen molar-refractivity contribution in [3.05, 3.63) is 11.6 Å². The molecule has 10 heavy (non-hydrogen) atoms. The summed E-state index contributed by atoms with van der Waals surface area (Å²) in [5, 5.41) is 8.51. The standard InChI is InChI=1S/C7H8O3/c1-4-2-5(8)3-6(4)7(9)10/h2,6H,3H2,1H3,(H,9,10). The van der Waals surface area contributed by atoms with Gasteiger partial charge in [0.2, 0.25) is 0 Å². The molecule has 0 aromatic rings. The van der Waals surface area contributed by atoms with Crippen LogP contribution in [0.4, 0.5) is 0 Å². The first kappa shape index (κ1) is 6.99. The van der Waals surface area contributed by atoms with E-state index in [9.17, 15) is 9.59 Å². The Hall–Kier alpha value is -1.12. The molecule has 0 spiro atoms. The normalized spacial score (nSPS) is 24.7. The van der Waals surface area contributed by atoms with Gasteiger partial charge in [0, 0.05) is 6.42 Å². The number of ketones is 1. The number of carboxylic acids is 1. The summed E-state index contributed by atoms with van der Waals surface area (Å²) in [6.45, 7) is 1.67. The lowest BCUT2D eigenvalue weighted by molar-refractivity contribution is -0.141. The predicted octanol–water partition coefficient (Wildman–Crippen LogP) is 0.606. The van der Waals surface area contributed by atoms with E-state index in [0.29, 0.717) is 5.57 Å². The summed E-state index contributed by atoms with van der Waals surface area (Å²) >= 11 is 0.